The maximum absolute atomic E-state index is 13.7. The number of halogens is 5. The van der Waals surface area contributed by atoms with Gasteiger partial charge < -0.3 is 0 Å². The van der Waals surface area contributed by atoms with Gasteiger partial charge in [-0.1, -0.05) is 17.7 Å². The Bertz CT molecular complexity index is 688. The Morgan fingerprint density at radius 3 is 2.45 bits per heavy atom. The lowest BCUT2D eigenvalue weighted by Crippen LogP contribution is -2.08. The molecular weight excluding hydrogens is 357 g/mol. The van der Waals surface area contributed by atoms with E-state index >= 15 is 0 Å². The highest BCUT2D eigenvalue weighted by Crippen LogP contribution is 2.26. The molecule has 0 radical (unpaired) electrons. The monoisotopic (exact) mass is 362 g/mol. The molecule has 0 saturated carbocycles. The van der Waals surface area contributed by atoms with E-state index in [0.29, 0.717) is 10.5 Å². The Hall–Kier alpha value is -1.33. The molecule has 2 rings (SSSR count). The number of Topliss-reactive ketones (excluding diaryl/α,β-unsaturated/α-hetero) is 1. The van der Waals surface area contributed by atoms with Crippen molar-refractivity contribution >= 4 is 33.3 Å². The van der Waals surface area contributed by atoms with Gasteiger partial charge in [-0.15, -0.1) is 0 Å². The van der Waals surface area contributed by atoms with E-state index in [9.17, 15) is 18.0 Å². The van der Waals surface area contributed by atoms with Gasteiger partial charge in [-0.25, -0.2) is 13.2 Å². The van der Waals surface area contributed by atoms with Crippen LogP contribution in [0, 0.1) is 17.5 Å². The summed E-state index contributed by atoms with van der Waals surface area (Å²) in [6.07, 6.45) is -0.374. The molecule has 6 heteroatoms. The zero-order valence-electron chi connectivity index (χ0n) is 9.89. The van der Waals surface area contributed by atoms with E-state index in [1.54, 1.807) is 0 Å². The molecule has 0 aromatic heterocycles. The zero-order valence-corrected chi connectivity index (χ0v) is 12.2. The predicted molar refractivity (Wildman–Crippen MR) is 73.5 cm³/mol. The van der Waals surface area contributed by atoms with Gasteiger partial charge in [0.25, 0.3) is 0 Å². The van der Waals surface area contributed by atoms with Gasteiger partial charge in [-0.3, -0.25) is 4.79 Å². The van der Waals surface area contributed by atoms with Crippen molar-refractivity contribution in [3.8, 4) is 0 Å². The molecule has 0 amide bonds. The van der Waals surface area contributed by atoms with Gasteiger partial charge >= 0.3 is 0 Å². The van der Waals surface area contributed by atoms with Crippen molar-refractivity contribution < 1.29 is 18.0 Å². The minimum absolute atomic E-state index is 0.00478. The molecule has 0 heterocycles. The fraction of sp³-hybridized carbons (Fsp3) is 0.0714. The Labute approximate surface area is 126 Å². The average molecular weight is 364 g/mol. The number of ketones is 1. The smallest absolute Gasteiger partial charge is 0.170 e. The lowest BCUT2D eigenvalue weighted by Gasteiger charge is -2.06. The van der Waals surface area contributed by atoms with Crippen molar-refractivity contribution in [3.63, 3.8) is 0 Å². The molecule has 2 aromatic carbocycles. The Morgan fingerprint density at radius 1 is 1.10 bits per heavy atom. The topological polar surface area (TPSA) is 17.1 Å². The fourth-order valence-corrected chi connectivity index (χ4v) is 2.15. The van der Waals surface area contributed by atoms with Crippen LogP contribution in [0.25, 0.3) is 0 Å². The van der Waals surface area contributed by atoms with Crippen molar-refractivity contribution in [1.82, 2.24) is 0 Å². The zero-order chi connectivity index (χ0) is 14.9. The van der Waals surface area contributed by atoms with Crippen LogP contribution in [0.5, 0.6) is 0 Å². The summed E-state index contributed by atoms with van der Waals surface area (Å²) in [6.45, 7) is 0. The minimum Gasteiger partial charge on any atom is -0.294 e. The van der Waals surface area contributed by atoms with Crippen molar-refractivity contribution in [3.05, 3.63) is 68.4 Å². The third kappa shape index (κ3) is 3.22. The number of rotatable bonds is 3. The number of benzene rings is 2. The SMILES string of the molecule is O=C(Cc1ccc(F)cc1F)c1cc(Cl)c(Br)cc1F. The summed E-state index contributed by atoms with van der Waals surface area (Å²) in [4.78, 5) is 12.0. The number of carbonyl (C=O) groups excluding carboxylic acids is 1. The van der Waals surface area contributed by atoms with Crippen LogP contribution in [0.2, 0.25) is 5.02 Å². The molecule has 0 N–H and O–H groups in total. The van der Waals surface area contributed by atoms with Crippen LogP contribution in [0.3, 0.4) is 0 Å². The quantitative estimate of drug-likeness (QED) is 0.557. The van der Waals surface area contributed by atoms with Gasteiger partial charge in [0.15, 0.2) is 5.78 Å². The number of carbonyl (C=O) groups is 1. The van der Waals surface area contributed by atoms with Gasteiger partial charge in [-0.2, -0.15) is 0 Å². The maximum atomic E-state index is 13.7. The van der Waals surface area contributed by atoms with Crippen molar-refractivity contribution in [1.29, 1.82) is 0 Å². The molecule has 2 aromatic rings. The lowest BCUT2D eigenvalue weighted by atomic mass is 10.0. The van der Waals surface area contributed by atoms with Crippen LogP contribution < -0.4 is 0 Å². The molecule has 0 aliphatic rings. The second kappa shape index (κ2) is 5.97. The highest BCUT2D eigenvalue weighted by Gasteiger charge is 2.17. The van der Waals surface area contributed by atoms with Crippen molar-refractivity contribution in [2.45, 2.75) is 6.42 Å². The van der Waals surface area contributed by atoms with Crippen LogP contribution in [0.1, 0.15) is 15.9 Å². The summed E-state index contributed by atoms with van der Waals surface area (Å²) in [5.74, 6) is -2.98. The first-order chi connectivity index (χ1) is 9.38. The van der Waals surface area contributed by atoms with E-state index in [-0.39, 0.29) is 22.6 Å². The summed E-state index contributed by atoms with van der Waals surface area (Å²) >= 11 is 8.83. The first-order valence-electron chi connectivity index (χ1n) is 5.50. The Balaban J connectivity index is 2.31. The largest absolute Gasteiger partial charge is 0.294 e. The van der Waals surface area contributed by atoms with Gasteiger partial charge in [0.1, 0.15) is 17.5 Å². The molecule has 0 aliphatic heterocycles. The van der Waals surface area contributed by atoms with Crippen molar-refractivity contribution in [2.75, 3.05) is 0 Å². The minimum atomic E-state index is -0.845. The van der Waals surface area contributed by atoms with E-state index in [2.05, 4.69) is 15.9 Å². The molecule has 0 spiro atoms. The third-order valence-electron chi connectivity index (χ3n) is 2.68. The van der Waals surface area contributed by atoms with Crippen LogP contribution in [0.4, 0.5) is 13.2 Å². The fourth-order valence-electron chi connectivity index (χ4n) is 1.67. The first-order valence-corrected chi connectivity index (χ1v) is 6.67. The number of hydrogen-bond acceptors (Lipinski definition) is 1. The van der Waals surface area contributed by atoms with Crippen LogP contribution in [0.15, 0.2) is 34.8 Å². The van der Waals surface area contributed by atoms with Gasteiger partial charge in [0.2, 0.25) is 0 Å². The van der Waals surface area contributed by atoms with Crippen LogP contribution in [-0.2, 0) is 6.42 Å². The molecule has 0 bridgehead atoms. The predicted octanol–water partition coefficient (Wildman–Crippen LogP) is 4.95. The highest BCUT2D eigenvalue weighted by molar-refractivity contribution is 9.10. The van der Waals surface area contributed by atoms with Crippen LogP contribution >= 0.6 is 27.5 Å². The Morgan fingerprint density at radius 2 is 1.80 bits per heavy atom. The second-order valence-electron chi connectivity index (χ2n) is 4.08. The average Bonchev–Trinajstić information content (AvgIpc) is 2.37. The summed E-state index contributed by atoms with van der Waals surface area (Å²) in [5.41, 5.74) is -0.239. The maximum Gasteiger partial charge on any atom is 0.170 e. The van der Waals surface area contributed by atoms with Gasteiger partial charge in [0, 0.05) is 17.0 Å². The molecule has 0 aliphatic carbocycles. The molecule has 104 valence electrons. The number of hydrogen-bond donors (Lipinski definition) is 0. The normalized spacial score (nSPS) is 10.7. The summed E-state index contributed by atoms with van der Waals surface area (Å²) in [7, 11) is 0. The molecular formula is C14H7BrClF3O. The van der Waals surface area contributed by atoms with Crippen molar-refractivity contribution in [2.24, 2.45) is 0 Å². The van der Waals surface area contributed by atoms with E-state index < -0.39 is 23.2 Å². The highest BCUT2D eigenvalue weighted by atomic mass is 79.9. The summed E-state index contributed by atoms with van der Waals surface area (Å²) < 4.78 is 40.2. The van der Waals surface area contributed by atoms with E-state index in [1.165, 1.54) is 6.07 Å². The third-order valence-corrected chi connectivity index (χ3v) is 3.87. The molecule has 20 heavy (non-hydrogen) atoms. The first kappa shape index (κ1) is 15.1. The van der Waals surface area contributed by atoms with Crippen LogP contribution in [-0.4, -0.2) is 5.78 Å². The molecule has 0 fully saturated rings. The lowest BCUT2D eigenvalue weighted by molar-refractivity contribution is 0.0988. The van der Waals surface area contributed by atoms with E-state index in [4.69, 9.17) is 11.6 Å². The Kier molecular flexibility index (Phi) is 4.50. The van der Waals surface area contributed by atoms with Gasteiger partial charge in [0.05, 0.1) is 10.6 Å². The molecule has 0 unspecified atom stereocenters. The van der Waals surface area contributed by atoms with Gasteiger partial charge in [-0.05, 0) is 39.7 Å². The molecule has 0 saturated heterocycles. The summed E-state index contributed by atoms with van der Waals surface area (Å²) in [5, 5.41) is 0.175. The van der Waals surface area contributed by atoms with E-state index in [1.807, 2.05) is 0 Å². The standard InChI is InChI=1S/C14H7BrClF3O/c15-10-6-13(19)9(5-11(10)16)14(20)3-7-1-2-8(17)4-12(7)18/h1-2,4-6H,3H2. The summed E-state index contributed by atoms with van der Waals surface area (Å²) in [6, 6.07) is 5.10. The second-order valence-corrected chi connectivity index (χ2v) is 5.34. The molecule has 0 atom stereocenters. The molecule has 1 nitrogen and oxygen atoms in total. The van der Waals surface area contributed by atoms with E-state index in [0.717, 1.165) is 18.2 Å².